The van der Waals surface area contributed by atoms with Crippen LogP contribution in [0.2, 0.25) is 0 Å². The maximum absolute atomic E-state index is 5.24. The molecule has 0 radical (unpaired) electrons. The van der Waals surface area contributed by atoms with E-state index in [1.54, 1.807) is 18.4 Å². The number of ether oxygens (including phenoxy) is 1. The number of hydrogen-bond donors (Lipinski definition) is 1. The molecule has 2 aromatic rings. The Labute approximate surface area is 131 Å². The van der Waals surface area contributed by atoms with E-state index in [-0.39, 0.29) is 5.41 Å². The number of methoxy groups -OCH3 is 1. The largest absolute Gasteiger partial charge is 0.380 e. The third kappa shape index (κ3) is 4.63. The molecule has 2 rings (SSSR count). The molecule has 1 N–H and O–H groups in total. The first-order valence-corrected chi connectivity index (χ1v) is 8.04. The van der Waals surface area contributed by atoms with Gasteiger partial charge in [0.2, 0.25) is 0 Å². The maximum Gasteiger partial charge on any atom is 0.0981 e. The minimum absolute atomic E-state index is 0.133. The summed E-state index contributed by atoms with van der Waals surface area (Å²) in [5.41, 5.74) is 2.67. The number of nitrogens with zero attached hydrogens (tertiary/aromatic N) is 1. The van der Waals surface area contributed by atoms with Crippen molar-refractivity contribution in [2.75, 3.05) is 7.11 Å². The lowest BCUT2D eigenvalue weighted by Crippen LogP contribution is -2.13. The van der Waals surface area contributed by atoms with Gasteiger partial charge in [-0.15, -0.1) is 11.3 Å². The molecule has 114 valence electrons. The Balaban J connectivity index is 1.91. The van der Waals surface area contributed by atoms with Crippen LogP contribution in [0.5, 0.6) is 0 Å². The van der Waals surface area contributed by atoms with E-state index in [0.29, 0.717) is 6.61 Å². The molecular weight excluding hydrogens is 280 g/mol. The lowest BCUT2D eigenvalue weighted by molar-refractivity contribution is 0.184. The Morgan fingerprint density at radius 1 is 1.14 bits per heavy atom. The fraction of sp³-hybridized carbons (Fsp3) is 0.471. The van der Waals surface area contributed by atoms with Crippen molar-refractivity contribution in [2.45, 2.75) is 45.9 Å². The van der Waals surface area contributed by atoms with Gasteiger partial charge in [0.05, 0.1) is 11.6 Å². The lowest BCUT2D eigenvalue weighted by Gasteiger charge is -2.13. The summed E-state index contributed by atoms with van der Waals surface area (Å²) >= 11 is 1.79. The van der Waals surface area contributed by atoms with Gasteiger partial charge >= 0.3 is 0 Å². The van der Waals surface area contributed by atoms with Gasteiger partial charge in [-0.05, 0) is 11.1 Å². The summed E-state index contributed by atoms with van der Waals surface area (Å²) in [6.45, 7) is 8.96. The molecule has 3 nitrogen and oxygen atoms in total. The number of hydrogen-bond acceptors (Lipinski definition) is 4. The topological polar surface area (TPSA) is 34.1 Å². The normalized spacial score (nSPS) is 11.8. The molecule has 0 spiro atoms. The molecule has 4 heteroatoms. The standard InChI is InChI=1S/C17H24N2OS/c1-17(2,3)16-19-11-15(21-16)10-18-9-13-7-5-6-8-14(13)12-20-4/h5-8,11,18H,9-10,12H2,1-4H3. The number of benzene rings is 1. The minimum atomic E-state index is 0.133. The summed E-state index contributed by atoms with van der Waals surface area (Å²) in [6.07, 6.45) is 1.99. The van der Waals surface area contributed by atoms with Crippen LogP contribution in [-0.4, -0.2) is 12.1 Å². The van der Waals surface area contributed by atoms with Gasteiger partial charge in [-0.25, -0.2) is 4.98 Å². The van der Waals surface area contributed by atoms with E-state index in [2.05, 4.69) is 55.3 Å². The van der Waals surface area contributed by atoms with Crippen LogP contribution in [0.4, 0.5) is 0 Å². The van der Waals surface area contributed by atoms with Gasteiger partial charge in [0.15, 0.2) is 0 Å². The third-order valence-electron chi connectivity index (χ3n) is 3.23. The van der Waals surface area contributed by atoms with Gasteiger partial charge in [-0.3, -0.25) is 0 Å². The van der Waals surface area contributed by atoms with Gasteiger partial charge < -0.3 is 10.1 Å². The van der Waals surface area contributed by atoms with Crippen molar-refractivity contribution in [1.82, 2.24) is 10.3 Å². The highest BCUT2D eigenvalue weighted by atomic mass is 32.1. The van der Waals surface area contributed by atoms with Crippen molar-refractivity contribution >= 4 is 11.3 Å². The SMILES string of the molecule is COCc1ccccc1CNCc1cnc(C(C)(C)C)s1. The molecule has 1 heterocycles. The van der Waals surface area contributed by atoms with Gasteiger partial charge in [0.1, 0.15) is 0 Å². The van der Waals surface area contributed by atoms with Crippen molar-refractivity contribution in [3.63, 3.8) is 0 Å². The van der Waals surface area contributed by atoms with E-state index >= 15 is 0 Å². The lowest BCUT2D eigenvalue weighted by atomic mass is 9.98. The van der Waals surface area contributed by atoms with Crippen molar-refractivity contribution in [2.24, 2.45) is 0 Å². The summed E-state index contributed by atoms with van der Waals surface area (Å²) < 4.78 is 5.24. The van der Waals surface area contributed by atoms with E-state index in [1.807, 2.05) is 6.20 Å². The Kier molecular flexibility index (Phi) is 5.51. The predicted octanol–water partition coefficient (Wildman–Crippen LogP) is 3.88. The zero-order valence-electron chi connectivity index (χ0n) is 13.3. The maximum atomic E-state index is 5.24. The molecule has 1 aromatic heterocycles. The number of rotatable bonds is 6. The molecular formula is C17H24N2OS. The zero-order valence-corrected chi connectivity index (χ0v) is 14.1. The fourth-order valence-electron chi connectivity index (χ4n) is 2.08. The minimum Gasteiger partial charge on any atom is -0.380 e. The van der Waals surface area contributed by atoms with E-state index < -0.39 is 0 Å². The van der Waals surface area contributed by atoms with Gasteiger partial charge in [-0.1, -0.05) is 45.0 Å². The first-order valence-electron chi connectivity index (χ1n) is 7.22. The van der Waals surface area contributed by atoms with Crippen molar-refractivity contribution in [3.05, 3.63) is 51.5 Å². The quantitative estimate of drug-likeness (QED) is 0.879. The highest BCUT2D eigenvalue weighted by Crippen LogP contribution is 2.26. The molecule has 0 bridgehead atoms. The molecule has 0 amide bonds. The molecule has 0 aliphatic rings. The summed E-state index contributed by atoms with van der Waals surface area (Å²) in [4.78, 5) is 5.80. The number of thiazole rings is 1. The summed E-state index contributed by atoms with van der Waals surface area (Å²) in [6, 6.07) is 8.39. The van der Waals surface area contributed by atoms with Crippen molar-refractivity contribution < 1.29 is 4.74 Å². The van der Waals surface area contributed by atoms with E-state index in [4.69, 9.17) is 4.74 Å². The summed E-state index contributed by atoms with van der Waals surface area (Å²) in [7, 11) is 1.73. The van der Waals surface area contributed by atoms with Crippen LogP contribution in [0.1, 0.15) is 41.8 Å². The second-order valence-electron chi connectivity index (χ2n) is 6.19. The smallest absolute Gasteiger partial charge is 0.0981 e. The molecule has 1 aromatic carbocycles. The molecule has 0 fully saturated rings. The average molecular weight is 304 g/mol. The van der Waals surface area contributed by atoms with E-state index in [0.717, 1.165) is 13.1 Å². The molecule has 21 heavy (non-hydrogen) atoms. The summed E-state index contributed by atoms with van der Waals surface area (Å²) in [5.74, 6) is 0. The first kappa shape index (κ1) is 16.1. The average Bonchev–Trinajstić information content (AvgIpc) is 2.90. The van der Waals surface area contributed by atoms with Gasteiger partial charge in [-0.2, -0.15) is 0 Å². The second-order valence-corrected chi connectivity index (χ2v) is 7.30. The van der Waals surface area contributed by atoms with Crippen LogP contribution in [-0.2, 0) is 29.8 Å². The van der Waals surface area contributed by atoms with Crippen LogP contribution in [0.25, 0.3) is 0 Å². The highest BCUT2D eigenvalue weighted by Gasteiger charge is 2.17. The van der Waals surface area contributed by atoms with Crippen molar-refractivity contribution in [3.8, 4) is 0 Å². The van der Waals surface area contributed by atoms with Gasteiger partial charge in [0, 0.05) is 36.7 Å². The monoisotopic (exact) mass is 304 g/mol. The fourth-order valence-corrected chi connectivity index (χ4v) is 3.02. The van der Waals surface area contributed by atoms with Crippen LogP contribution in [0.15, 0.2) is 30.5 Å². The predicted molar refractivity (Wildman–Crippen MR) is 88.5 cm³/mol. The molecule has 0 saturated heterocycles. The van der Waals surface area contributed by atoms with E-state index in [9.17, 15) is 0 Å². The molecule has 0 saturated carbocycles. The molecule has 0 unspecified atom stereocenters. The molecule has 0 aliphatic heterocycles. The van der Waals surface area contributed by atoms with Crippen LogP contribution >= 0.6 is 11.3 Å². The molecule has 0 aliphatic carbocycles. The first-order chi connectivity index (χ1) is 10.0. The molecule has 0 atom stereocenters. The highest BCUT2D eigenvalue weighted by molar-refractivity contribution is 7.11. The van der Waals surface area contributed by atoms with E-state index in [1.165, 1.54) is 21.0 Å². The van der Waals surface area contributed by atoms with Crippen molar-refractivity contribution in [1.29, 1.82) is 0 Å². The van der Waals surface area contributed by atoms with Gasteiger partial charge in [0.25, 0.3) is 0 Å². The zero-order chi connectivity index (χ0) is 15.3. The Morgan fingerprint density at radius 3 is 2.48 bits per heavy atom. The van der Waals surface area contributed by atoms with Crippen LogP contribution < -0.4 is 5.32 Å². The van der Waals surface area contributed by atoms with Crippen LogP contribution in [0.3, 0.4) is 0 Å². The summed E-state index contributed by atoms with van der Waals surface area (Å²) in [5, 5.41) is 4.69. The third-order valence-corrected chi connectivity index (χ3v) is 4.65. The van der Waals surface area contributed by atoms with Crippen LogP contribution in [0, 0.1) is 0 Å². The Morgan fingerprint density at radius 2 is 1.86 bits per heavy atom. The number of aromatic nitrogens is 1. The Hall–Kier alpha value is -1.23. The Bertz CT molecular complexity index is 572. The number of nitrogens with one attached hydrogen (secondary N) is 1. The second kappa shape index (κ2) is 7.16.